The van der Waals surface area contributed by atoms with Crippen LogP contribution in [0.3, 0.4) is 0 Å². The largest absolute Gasteiger partial charge is 0.297 e. The molecule has 0 saturated carbocycles. The lowest BCUT2D eigenvalue weighted by atomic mass is 9.78. The molecule has 0 bridgehead atoms. The molecule has 1 fully saturated rings. The number of fused-ring (bicyclic) bond motifs is 1. The summed E-state index contributed by atoms with van der Waals surface area (Å²) in [5, 5.41) is 5.66. The van der Waals surface area contributed by atoms with Crippen LogP contribution in [0.5, 0.6) is 0 Å². The first-order valence-electron chi connectivity index (χ1n) is 8.46. The zero-order valence-corrected chi connectivity index (χ0v) is 15.3. The van der Waals surface area contributed by atoms with Crippen LogP contribution in [0.1, 0.15) is 36.0 Å². The van der Waals surface area contributed by atoms with Crippen LogP contribution >= 0.6 is 11.3 Å². The van der Waals surface area contributed by atoms with Gasteiger partial charge in [0.15, 0.2) is 5.65 Å². The summed E-state index contributed by atoms with van der Waals surface area (Å²) in [6, 6.07) is 4.39. The lowest BCUT2D eigenvalue weighted by molar-refractivity contribution is 0.148. The van der Waals surface area contributed by atoms with E-state index in [0.29, 0.717) is 0 Å². The summed E-state index contributed by atoms with van der Waals surface area (Å²) < 4.78 is 1.90. The van der Waals surface area contributed by atoms with E-state index >= 15 is 0 Å². The van der Waals surface area contributed by atoms with Gasteiger partial charge in [-0.1, -0.05) is 6.92 Å². The number of thiazole rings is 1. The fraction of sp³-hybridized carbons (Fsp3) is 0.500. The van der Waals surface area contributed by atoms with Crippen molar-refractivity contribution < 1.29 is 0 Å². The van der Waals surface area contributed by atoms with E-state index in [-0.39, 0.29) is 5.41 Å². The molecule has 1 aliphatic rings. The van der Waals surface area contributed by atoms with Gasteiger partial charge >= 0.3 is 0 Å². The van der Waals surface area contributed by atoms with Gasteiger partial charge in [0, 0.05) is 42.0 Å². The zero-order valence-electron chi connectivity index (χ0n) is 14.5. The van der Waals surface area contributed by atoms with Gasteiger partial charge in [0.05, 0.1) is 16.9 Å². The molecule has 126 valence electrons. The number of hydrogen-bond acceptors (Lipinski definition) is 5. The Morgan fingerprint density at radius 2 is 2.21 bits per heavy atom. The van der Waals surface area contributed by atoms with E-state index < -0.39 is 0 Å². The van der Waals surface area contributed by atoms with Gasteiger partial charge in [-0.2, -0.15) is 5.10 Å². The SMILES string of the molecule is Cc1nn(C)c2nc([C@@]3(C)CCCN(Cc4cncs4)C3)ccc12. The van der Waals surface area contributed by atoms with Crippen molar-refractivity contribution in [2.45, 2.75) is 38.6 Å². The molecule has 0 spiro atoms. The highest BCUT2D eigenvalue weighted by molar-refractivity contribution is 7.09. The van der Waals surface area contributed by atoms with Gasteiger partial charge < -0.3 is 0 Å². The molecule has 0 aromatic carbocycles. The second-order valence-corrected chi connectivity index (χ2v) is 8.09. The van der Waals surface area contributed by atoms with E-state index in [1.165, 1.54) is 23.4 Å². The predicted molar refractivity (Wildman–Crippen MR) is 97.2 cm³/mol. The second kappa shape index (κ2) is 5.93. The van der Waals surface area contributed by atoms with Crippen molar-refractivity contribution in [3.8, 4) is 0 Å². The van der Waals surface area contributed by atoms with Crippen LogP contribution in [-0.2, 0) is 19.0 Å². The fourth-order valence-corrected chi connectivity index (χ4v) is 4.50. The van der Waals surface area contributed by atoms with E-state index in [2.05, 4.69) is 34.0 Å². The third-order valence-corrected chi connectivity index (χ3v) is 5.89. The Morgan fingerprint density at radius 1 is 1.33 bits per heavy atom. The van der Waals surface area contributed by atoms with Crippen molar-refractivity contribution in [1.29, 1.82) is 0 Å². The maximum atomic E-state index is 4.99. The first kappa shape index (κ1) is 15.7. The van der Waals surface area contributed by atoms with Crippen LogP contribution in [0.4, 0.5) is 0 Å². The Balaban J connectivity index is 1.62. The number of aryl methyl sites for hydroxylation is 2. The number of hydrogen-bond donors (Lipinski definition) is 0. The molecule has 0 amide bonds. The highest BCUT2D eigenvalue weighted by Gasteiger charge is 2.34. The van der Waals surface area contributed by atoms with E-state index in [9.17, 15) is 0 Å². The summed E-state index contributed by atoms with van der Waals surface area (Å²) >= 11 is 1.74. The lowest BCUT2D eigenvalue weighted by Crippen LogP contribution is -2.44. The number of likely N-dealkylation sites (tertiary alicyclic amines) is 1. The molecule has 0 N–H and O–H groups in total. The topological polar surface area (TPSA) is 46.8 Å². The smallest absolute Gasteiger partial charge is 0.158 e. The summed E-state index contributed by atoms with van der Waals surface area (Å²) in [6.07, 6.45) is 4.38. The predicted octanol–water partition coefficient (Wildman–Crippen LogP) is 3.29. The molecule has 1 saturated heterocycles. The van der Waals surface area contributed by atoms with Crippen LogP contribution in [-0.4, -0.2) is 37.7 Å². The molecule has 3 aromatic rings. The molecule has 0 unspecified atom stereocenters. The molecule has 1 atom stereocenters. The van der Waals surface area contributed by atoms with Crippen LogP contribution in [0.25, 0.3) is 11.0 Å². The van der Waals surface area contributed by atoms with Gasteiger partial charge in [-0.25, -0.2) is 4.98 Å². The molecule has 1 aliphatic heterocycles. The van der Waals surface area contributed by atoms with Gasteiger partial charge in [-0.3, -0.25) is 14.6 Å². The minimum absolute atomic E-state index is 0.0926. The number of pyridine rings is 1. The Labute approximate surface area is 146 Å². The van der Waals surface area contributed by atoms with Crippen molar-refractivity contribution >= 4 is 22.4 Å². The third kappa shape index (κ3) is 2.74. The Morgan fingerprint density at radius 3 is 3.00 bits per heavy atom. The van der Waals surface area contributed by atoms with Crippen molar-refractivity contribution in [3.05, 3.63) is 40.1 Å². The van der Waals surface area contributed by atoms with E-state index in [1.54, 1.807) is 11.3 Å². The van der Waals surface area contributed by atoms with E-state index in [1.807, 2.05) is 30.4 Å². The first-order chi connectivity index (χ1) is 11.5. The van der Waals surface area contributed by atoms with Gasteiger partial charge in [0.2, 0.25) is 0 Å². The highest BCUT2D eigenvalue weighted by Crippen LogP contribution is 2.34. The minimum Gasteiger partial charge on any atom is -0.297 e. The number of piperidine rings is 1. The van der Waals surface area contributed by atoms with Crippen molar-refractivity contribution in [2.24, 2.45) is 7.05 Å². The van der Waals surface area contributed by atoms with Gasteiger partial charge in [-0.15, -0.1) is 11.3 Å². The van der Waals surface area contributed by atoms with Crippen LogP contribution < -0.4 is 0 Å². The maximum Gasteiger partial charge on any atom is 0.158 e. The van der Waals surface area contributed by atoms with Crippen LogP contribution in [0.2, 0.25) is 0 Å². The average Bonchev–Trinajstić information content (AvgIpc) is 3.16. The van der Waals surface area contributed by atoms with Crippen molar-refractivity contribution in [1.82, 2.24) is 24.6 Å². The molecule has 4 heterocycles. The zero-order chi connectivity index (χ0) is 16.7. The average molecular weight is 341 g/mol. The summed E-state index contributed by atoms with van der Waals surface area (Å²) in [6.45, 7) is 7.58. The quantitative estimate of drug-likeness (QED) is 0.733. The molecule has 0 aliphatic carbocycles. The first-order valence-corrected chi connectivity index (χ1v) is 9.34. The summed E-state index contributed by atoms with van der Waals surface area (Å²) in [4.78, 5) is 13.1. The Bertz CT molecular complexity index is 854. The molecule has 3 aromatic heterocycles. The van der Waals surface area contributed by atoms with Crippen LogP contribution in [0, 0.1) is 6.92 Å². The fourth-order valence-electron chi connectivity index (χ4n) is 3.87. The number of nitrogens with zero attached hydrogens (tertiary/aromatic N) is 5. The minimum atomic E-state index is 0.0926. The standard InChI is InChI=1S/C18H23N5S/c1-13-15-5-6-16(20-17(15)22(3)21-13)18(2)7-4-8-23(11-18)10-14-9-19-12-24-14/h5-6,9,12H,4,7-8,10-11H2,1-3H3/t18-/m0/s1. The third-order valence-electron chi connectivity index (χ3n) is 5.13. The molecular formula is C18H23N5S. The van der Waals surface area contributed by atoms with Crippen molar-refractivity contribution in [3.63, 3.8) is 0 Å². The normalized spacial score (nSPS) is 22.3. The Hall–Kier alpha value is -1.79. The van der Waals surface area contributed by atoms with E-state index in [0.717, 1.165) is 36.4 Å². The molecule has 4 rings (SSSR count). The summed E-state index contributed by atoms with van der Waals surface area (Å²) in [7, 11) is 1.98. The van der Waals surface area contributed by atoms with E-state index in [4.69, 9.17) is 4.98 Å². The number of rotatable bonds is 3. The maximum absolute atomic E-state index is 4.99. The van der Waals surface area contributed by atoms with Crippen LogP contribution in [0.15, 0.2) is 23.8 Å². The lowest BCUT2D eigenvalue weighted by Gasteiger charge is -2.40. The summed E-state index contributed by atoms with van der Waals surface area (Å²) in [5.74, 6) is 0. The monoisotopic (exact) mass is 341 g/mol. The van der Waals surface area contributed by atoms with Gasteiger partial charge in [-0.05, 0) is 38.4 Å². The van der Waals surface area contributed by atoms with Gasteiger partial charge in [0.1, 0.15) is 0 Å². The Kier molecular flexibility index (Phi) is 3.89. The molecule has 5 nitrogen and oxygen atoms in total. The molecular weight excluding hydrogens is 318 g/mol. The molecule has 6 heteroatoms. The molecule has 24 heavy (non-hydrogen) atoms. The van der Waals surface area contributed by atoms with Crippen molar-refractivity contribution in [2.75, 3.05) is 13.1 Å². The summed E-state index contributed by atoms with van der Waals surface area (Å²) in [5.41, 5.74) is 5.23. The second-order valence-electron chi connectivity index (χ2n) is 7.12. The van der Waals surface area contributed by atoms with Gasteiger partial charge in [0.25, 0.3) is 0 Å². The molecule has 0 radical (unpaired) electrons. The highest BCUT2D eigenvalue weighted by atomic mass is 32.1. The number of aromatic nitrogens is 4.